The van der Waals surface area contributed by atoms with Gasteiger partial charge in [0, 0.05) is 13.1 Å². The highest BCUT2D eigenvalue weighted by molar-refractivity contribution is 7.91. The number of nitrogens with one attached hydrogen (secondary N) is 2. The minimum absolute atomic E-state index is 0.0197. The molecule has 19 heavy (non-hydrogen) atoms. The smallest absolute Gasteiger partial charge is 0.314 e. The van der Waals surface area contributed by atoms with E-state index in [1.165, 1.54) is 0 Å². The van der Waals surface area contributed by atoms with Gasteiger partial charge in [-0.05, 0) is 18.8 Å². The van der Waals surface area contributed by atoms with Gasteiger partial charge in [-0.15, -0.1) is 0 Å². The van der Waals surface area contributed by atoms with Gasteiger partial charge in [0.1, 0.15) is 0 Å². The van der Waals surface area contributed by atoms with E-state index in [2.05, 4.69) is 10.6 Å². The molecule has 2 amide bonds. The number of urea groups is 1. The van der Waals surface area contributed by atoms with Gasteiger partial charge in [-0.25, -0.2) is 13.2 Å². The Morgan fingerprint density at radius 2 is 2.05 bits per heavy atom. The average Bonchev–Trinajstić information content (AvgIpc) is 2.66. The Bertz CT molecular complexity index is 434. The fourth-order valence-electron chi connectivity index (χ4n) is 1.86. The Morgan fingerprint density at radius 3 is 2.58 bits per heavy atom. The van der Waals surface area contributed by atoms with Crippen molar-refractivity contribution in [1.29, 1.82) is 0 Å². The lowest BCUT2D eigenvalue weighted by atomic mass is 10.1. The van der Waals surface area contributed by atoms with Crippen LogP contribution in [0.25, 0.3) is 0 Å². The van der Waals surface area contributed by atoms with Crippen LogP contribution < -0.4 is 10.6 Å². The van der Waals surface area contributed by atoms with Gasteiger partial charge < -0.3 is 15.7 Å². The number of amides is 2. The summed E-state index contributed by atoms with van der Waals surface area (Å²) in [6, 6.07) is -0.387. The number of carboxylic acids is 1. The topological polar surface area (TPSA) is 113 Å². The summed E-state index contributed by atoms with van der Waals surface area (Å²) in [6.07, 6.45) is 0.944. The van der Waals surface area contributed by atoms with Gasteiger partial charge in [0.15, 0.2) is 9.84 Å². The van der Waals surface area contributed by atoms with Crippen molar-refractivity contribution in [1.82, 2.24) is 10.6 Å². The monoisotopic (exact) mass is 292 g/mol. The standard InChI is InChI=1S/C11H20N2O5S/c1-8(10(14)15)2-4-12-11(16)13-6-9-3-5-19(17,18)7-9/h8-9H,2-7H2,1H3,(H,14,15)(H2,12,13,16). The van der Waals surface area contributed by atoms with Crippen LogP contribution in [0.1, 0.15) is 19.8 Å². The summed E-state index contributed by atoms with van der Waals surface area (Å²) in [7, 11) is -2.92. The van der Waals surface area contributed by atoms with E-state index in [1.807, 2.05) is 0 Å². The lowest BCUT2D eigenvalue weighted by Gasteiger charge is -2.11. The summed E-state index contributed by atoms with van der Waals surface area (Å²) in [6.45, 7) is 2.19. The third-order valence-electron chi connectivity index (χ3n) is 3.16. The second-order valence-corrected chi connectivity index (χ2v) is 7.16. The maximum Gasteiger partial charge on any atom is 0.314 e. The van der Waals surface area contributed by atoms with Crippen molar-refractivity contribution in [2.45, 2.75) is 19.8 Å². The zero-order valence-corrected chi connectivity index (χ0v) is 11.7. The van der Waals surface area contributed by atoms with Crippen LogP contribution in [0.4, 0.5) is 4.79 Å². The van der Waals surface area contributed by atoms with E-state index in [1.54, 1.807) is 6.92 Å². The van der Waals surface area contributed by atoms with Crippen molar-refractivity contribution in [3.05, 3.63) is 0 Å². The van der Waals surface area contributed by atoms with E-state index in [-0.39, 0.29) is 30.0 Å². The summed E-state index contributed by atoms with van der Waals surface area (Å²) in [5.74, 6) is -1.09. The Balaban J connectivity index is 2.14. The average molecular weight is 292 g/mol. The fraction of sp³-hybridized carbons (Fsp3) is 0.818. The number of carbonyl (C=O) groups is 2. The molecule has 0 aromatic rings. The molecular weight excluding hydrogens is 272 g/mol. The Labute approximate surface area is 112 Å². The van der Waals surface area contributed by atoms with Crippen LogP contribution in [-0.2, 0) is 14.6 Å². The number of rotatable bonds is 6. The minimum Gasteiger partial charge on any atom is -0.481 e. The molecule has 1 heterocycles. The molecule has 8 heteroatoms. The highest BCUT2D eigenvalue weighted by Gasteiger charge is 2.27. The first-order valence-corrected chi connectivity index (χ1v) is 8.07. The van der Waals surface area contributed by atoms with Gasteiger partial charge in [0.2, 0.25) is 0 Å². The highest BCUT2D eigenvalue weighted by atomic mass is 32.2. The van der Waals surface area contributed by atoms with E-state index >= 15 is 0 Å². The first-order valence-electron chi connectivity index (χ1n) is 6.25. The van der Waals surface area contributed by atoms with Crippen LogP contribution in [0.15, 0.2) is 0 Å². The van der Waals surface area contributed by atoms with Gasteiger partial charge in [-0.1, -0.05) is 6.92 Å². The van der Waals surface area contributed by atoms with E-state index in [4.69, 9.17) is 5.11 Å². The molecule has 0 radical (unpaired) electrons. The number of hydrogen-bond acceptors (Lipinski definition) is 4. The van der Waals surface area contributed by atoms with Gasteiger partial charge in [-0.2, -0.15) is 0 Å². The molecule has 1 aliphatic heterocycles. The predicted molar refractivity (Wildman–Crippen MR) is 69.6 cm³/mol. The first-order chi connectivity index (χ1) is 8.80. The Hall–Kier alpha value is -1.31. The van der Waals surface area contributed by atoms with Crippen molar-refractivity contribution < 1.29 is 23.1 Å². The molecule has 0 aromatic carbocycles. The van der Waals surface area contributed by atoms with Crippen LogP contribution >= 0.6 is 0 Å². The number of carbonyl (C=O) groups excluding carboxylic acids is 1. The third-order valence-corrected chi connectivity index (χ3v) is 5.00. The Kier molecular flexibility index (Phi) is 5.59. The molecule has 0 bridgehead atoms. The molecule has 110 valence electrons. The van der Waals surface area contributed by atoms with Crippen LogP contribution in [0.3, 0.4) is 0 Å². The molecule has 0 aromatic heterocycles. The van der Waals surface area contributed by atoms with Crippen LogP contribution in [0.5, 0.6) is 0 Å². The summed E-state index contributed by atoms with van der Waals surface area (Å²) in [5.41, 5.74) is 0. The third kappa shape index (κ3) is 5.91. The van der Waals surface area contributed by atoms with Gasteiger partial charge >= 0.3 is 12.0 Å². The molecule has 0 spiro atoms. The molecular formula is C11H20N2O5S. The van der Waals surface area contributed by atoms with E-state index in [9.17, 15) is 18.0 Å². The van der Waals surface area contributed by atoms with Gasteiger partial charge in [0.05, 0.1) is 17.4 Å². The lowest BCUT2D eigenvalue weighted by molar-refractivity contribution is -0.141. The quantitative estimate of drug-likeness (QED) is 0.629. The normalized spacial score (nSPS) is 22.7. The van der Waals surface area contributed by atoms with Crippen LogP contribution in [0.2, 0.25) is 0 Å². The second-order valence-electron chi connectivity index (χ2n) is 4.93. The molecule has 1 rings (SSSR count). The largest absolute Gasteiger partial charge is 0.481 e. The van der Waals surface area contributed by atoms with Gasteiger partial charge in [-0.3, -0.25) is 4.79 Å². The zero-order chi connectivity index (χ0) is 14.5. The summed E-state index contributed by atoms with van der Waals surface area (Å²) in [5, 5.41) is 13.8. The number of hydrogen-bond donors (Lipinski definition) is 3. The van der Waals surface area contributed by atoms with Crippen molar-refractivity contribution >= 4 is 21.8 Å². The molecule has 1 fully saturated rings. The number of aliphatic carboxylic acids is 1. The summed E-state index contributed by atoms with van der Waals surface area (Å²) < 4.78 is 22.4. The van der Waals surface area contributed by atoms with Crippen molar-refractivity contribution in [2.75, 3.05) is 24.6 Å². The summed E-state index contributed by atoms with van der Waals surface area (Å²) in [4.78, 5) is 21.9. The zero-order valence-electron chi connectivity index (χ0n) is 10.9. The molecule has 2 unspecified atom stereocenters. The molecule has 0 aliphatic carbocycles. The lowest BCUT2D eigenvalue weighted by Crippen LogP contribution is -2.39. The molecule has 7 nitrogen and oxygen atoms in total. The molecule has 1 aliphatic rings. The van der Waals surface area contributed by atoms with Crippen molar-refractivity contribution in [3.63, 3.8) is 0 Å². The fourth-order valence-corrected chi connectivity index (χ4v) is 3.72. The molecule has 3 N–H and O–H groups in total. The predicted octanol–water partition coefficient (Wildman–Crippen LogP) is -0.169. The van der Waals surface area contributed by atoms with E-state index in [0.29, 0.717) is 19.4 Å². The molecule has 2 atom stereocenters. The van der Waals surface area contributed by atoms with Crippen LogP contribution in [0, 0.1) is 11.8 Å². The first kappa shape index (κ1) is 15.7. The Morgan fingerprint density at radius 1 is 1.37 bits per heavy atom. The summed E-state index contributed by atoms with van der Waals surface area (Å²) >= 11 is 0. The molecule has 0 saturated carbocycles. The SMILES string of the molecule is CC(CCNC(=O)NCC1CCS(=O)(=O)C1)C(=O)O. The van der Waals surface area contributed by atoms with Crippen molar-refractivity contribution in [3.8, 4) is 0 Å². The highest BCUT2D eigenvalue weighted by Crippen LogP contribution is 2.17. The maximum atomic E-state index is 11.4. The minimum atomic E-state index is -2.92. The van der Waals surface area contributed by atoms with Gasteiger partial charge in [0.25, 0.3) is 0 Å². The number of carboxylic acid groups (broad SMARTS) is 1. The molecule has 1 saturated heterocycles. The van der Waals surface area contributed by atoms with Crippen molar-refractivity contribution in [2.24, 2.45) is 11.8 Å². The van der Waals surface area contributed by atoms with E-state index in [0.717, 1.165) is 0 Å². The number of sulfone groups is 1. The van der Waals surface area contributed by atoms with E-state index < -0.39 is 21.7 Å². The van der Waals surface area contributed by atoms with Crippen LogP contribution in [-0.4, -0.2) is 50.1 Å². The maximum absolute atomic E-state index is 11.4. The second kappa shape index (κ2) is 6.74.